The van der Waals surface area contributed by atoms with Gasteiger partial charge in [-0.25, -0.2) is 0 Å². The van der Waals surface area contributed by atoms with Crippen LogP contribution in [0.4, 0.5) is 5.69 Å². The van der Waals surface area contributed by atoms with Gasteiger partial charge in [0.1, 0.15) is 0 Å². The van der Waals surface area contributed by atoms with Crippen LogP contribution in [0.15, 0.2) is 18.2 Å². The van der Waals surface area contributed by atoms with E-state index in [1.165, 1.54) is 23.2 Å². The summed E-state index contributed by atoms with van der Waals surface area (Å²) in [7, 11) is 0. The first-order chi connectivity index (χ1) is 7.35. The van der Waals surface area contributed by atoms with Crippen LogP contribution >= 0.6 is 0 Å². The van der Waals surface area contributed by atoms with Crippen LogP contribution in [0.3, 0.4) is 0 Å². The van der Waals surface area contributed by atoms with Crippen molar-refractivity contribution >= 4 is 5.69 Å². The first kappa shape index (κ1) is 10.5. The highest BCUT2D eigenvalue weighted by atomic mass is 16.2. The molecule has 1 heterocycles. The van der Waals surface area contributed by atoms with Crippen molar-refractivity contribution in [2.45, 2.75) is 26.2 Å². The van der Waals surface area contributed by atoms with Gasteiger partial charge in [0, 0.05) is 25.4 Å². The minimum atomic E-state index is 0.247. The Labute approximate surface area is 91.5 Å². The molecular formula is C13H19NO. The van der Waals surface area contributed by atoms with Crippen LogP contribution in [0.1, 0.15) is 24.5 Å². The molecule has 0 spiro atoms. The summed E-state index contributed by atoms with van der Waals surface area (Å²) in [4.78, 5) is 2.46. The number of aliphatic hydroxyl groups excluding tert-OH is 1. The van der Waals surface area contributed by atoms with Crippen LogP contribution in [0.2, 0.25) is 0 Å². The van der Waals surface area contributed by atoms with Gasteiger partial charge in [0.2, 0.25) is 0 Å². The highest BCUT2D eigenvalue weighted by molar-refractivity contribution is 5.59. The fourth-order valence-corrected chi connectivity index (χ4v) is 2.31. The largest absolute Gasteiger partial charge is 0.396 e. The van der Waals surface area contributed by atoms with Crippen molar-refractivity contribution in [3.63, 3.8) is 0 Å². The van der Waals surface area contributed by atoms with Crippen molar-refractivity contribution in [2.24, 2.45) is 0 Å². The van der Waals surface area contributed by atoms with Crippen molar-refractivity contribution in [3.8, 4) is 0 Å². The molecule has 1 N–H and O–H groups in total. The second-order valence-electron chi connectivity index (χ2n) is 4.17. The summed E-state index contributed by atoms with van der Waals surface area (Å²) in [5, 5.41) is 8.89. The number of rotatable bonds is 4. The van der Waals surface area contributed by atoms with Gasteiger partial charge in [0.25, 0.3) is 0 Å². The van der Waals surface area contributed by atoms with E-state index in [9.17, 15) is 0 Å². The van der Waals surface area contributed by atoms with Crippen LogP contribution in [0.25, 0.3) is 0 Å². The molecule has 1 aliphatic rings. The predicted molar refractivity (Wildman–Crippen MR) is 63.4 cm³/mol. The summed E-state index contributed by atoms with van der Waals surface area (Å²) in [5.74, 6) is 0. The third-order valence-corrected chi connectivity index (χ3v) is 3.03. The molecule has 0 atom stereocenters. The molecule has 0 aliphatic carbocycles. The Kier molecular flexibility index (Phi) is 3.27. The van der Waals surface area contributed by atoms with Gasteiger partial charge in [-0.2, -0.15) is 0 Å². The highest BCUT2D eigenvalue weighted by Crippen LogP contribution is 2.28. The summed E-state index contributed by atoms with van der Waals surface area (Å²) < 4.78 is 0. The van der Waals surface area contributed by atoms with Gasteiger partial charge in [-0.1, -0.05) is 19.1 Å². The minimum absolute atomic E-state index is 0.247. The Morgan fingerprint density at radius 1 is 1.40 bits per heavy atom. The molecule has 0 amide bonds. The average Bonchev–Trinajstić information content (AvgIpc) is 2.62. The zero-order valence-electron chi connectivity index (χ0n) is 9.37. The smallest absolute Gasteiger partial charge is 0.0471 e. The first-order valence-electron chi connectivity index (χ1n) is 5.82. The van der Waals surface area contributed by atoms with Gasteiger partial charge < -0.3 is 10.0 Å². The average molecular weight is 205 g/mol. The molecule has 0 bridgehead atoms. The standard InChI is InChI=1S/C13H19NO/c1-2-7-14-8-5-12-10-11(6-9-15)3-4-13(12)14/h3-4,10,15H,2,5-9H2,1H3. The minimum Gasteiger partial charge on any atom is -0.396 e. The molecule has 2 rings (SSSR count). The third-order valence-electron chi connectivity index (χ3n) is 3.03. The molecule has 0 aromatic heterocycles. The molecule has 0 radical (unpaired) electrons. The van der Waals surface area contributed by atoms with E-state index in [4.69, 9.17) is 5.11 Å². The van der Waals surface area contributed by atoms with Gasteiger partial charge in [-0.05, 0) is 36.5 Å². The van der Waals surface area contributed by atoms with E-state index in [2.05, 4.69) is 30.0 Å². The molecular weight excluding hydrogens is 186 g/mol. The summed E-state index contributed by atoms with van der Waals surface area (Å²) in [6.07, 6.45) is 3.15. The second-order valence-corrected chi connectivity index (χ2v) is 4.17. The van der Waals surface area contributed by atoms with Crippen molar-refractivity contribution in [2.75, 3.05) is 24.6 Å². The maximum absolute atomic E-state index is 8.89. The van der Waals surface area contributed by atoms with E-state index in [0.29, 0.717) is 0 Å². The van der Waals surface area contributed by atoms with Crippen molar-refractivity contribution in [1.29, 1.82) is 0 Å². The Balaban J connectivity index is 2.18. The summed E-state index contributed by atoms with van der Waals surface area (Å²) in [6.45, 7) is 4.79. The van der Waals surface area contributed by atoms with Gasteiger partial charge in [0.05, 0.1) is 0 Å². The molecule has 1 aromatic rings. The summed E-state index contributed by atoms with van der Waals surface area (Å²) >= 11 is 0. The van der Waals surface area contributed by atoms with E-state index in [0.717, 1.165) is 25.9 Å². The first-order valence-corrected chi connectivity index (χ1v) is 5.82. The van der Waals surface area contributed by atoms with E-state index >= 15 is 0 Å². The van der Waals surface area contributed by atoms with Crippen molar-refractivity contribution < 1.29 is 5.11 Å². The summed E-state index contributed by atoms with van der Waals surface area (Å²) in [6, 6.07) is 6.60. The highest BCUT2D eigenvalue weighted by Gasteiger charge is 2.17. The van der Waals surface area contributed by atoms with Gasteiger partial charge in [-0.3, -0.25) is 0 Å². The molecule has 0 saturated heterocycles. The van der Waals surface area contributed by atoms with E-state index in [1.54, 1.807) is 0 Å². The lowest BCUT2D eigenvalue weighted by Gasteiger charge is -2.18. The molecule has 82 valence electrons. The maximum Gasteiger partial charge on any atom is 0.0471 e. The molecule has 0 fully saturated rings. The zero-order valence-corrected chi connectivity index (χ0v) is 9.37. The number of hydrogen-bond acceptors (Lipinski definition) is 2. The molecule has 1 aliphatic heterocycles. The van der Waals surface area contributed by atoms with E-state index < -0.39 is 0 Å². The Morgan fingerprint density at radius 3 is 3.00 bits per heavy atom. The van der Waals surface area contributed by atoms with Crippen LogP contribution in [-0.2, 0) is 12.8 Å². The zero-order chi connectivity index (χ0) is 10.7. The van der Waals surface area contributed by atoms with Gasteiger partial charge in [0.15, 0.2) is 0 Å². The van der Waals surface area contributed by atoms with Crippen LogP contribution in [-0.4, -0.2) is 24.8 Å². The summed E-state index contributed by atoms with van der Waals surface area (Å²) in [5.41, 5.74) is 4.11. The van der Waals surface area contributed by atoms with Gasteiger partial charge >= 0.3 is 0 Å². The van der Waals surface area contributed by atoms with Crippen molar-refractivity contribution in [1.82, 2.24) is 0 Å². The topological polar surface area (TPSA) is 23.5 Å². The van der Waals surface area contributed by atoms with Crippen LogP contribution < -0.4 is 4.90 Å². The fraction of sp³-hybridized carbons (Fsp3) is 0.538. The molecule has 0 saturated carbocycles. The SMILES string of the molecule is CCCN1CCc2cc(CCO)ccc21. The normalized spacial score (nSPS) is 14.4. The molecule has 2 heteroatoms. The Hall–Kier alpha value is -1.02. The van der Waals surface area contributed by atoms with E-state index in [1.807, 2.05) is 0 Å². The van der Waals surface area contributed by atoms with Crippen molar-refractivity contribution in [3.05, 3.63) is 29.3 Å². The Morgan fingerprint density at radius 2 is 2.27 bits per heavy atom. The lowest BCUT2D eigenvalue weighted by molar-refractivity contribution is 0.299. The quantitative estimate of drug-likeness (QED) is 0.812. The predicted octanol–water partition coefficient (Wildman–Crippen LogP) is 1.99. The monoisotopic (exact) mass is 205 g/mol. The second kappa shape index (κ2) is 4.67. The van der Waals surface area contributed by atoms with Crippen LogP contribution in [0, 0.1) is 0 Å². The van der Waals surface area contributed by atoms with Gasteiger partial charge in [-0.15, -0.1) is 0 Å². The Bertz CT molecular complexity index is 335. The van der Waals surface area contributed by atoms with Crippen LogP contribution in [0.5, 0.6) is 0 Å². The molecule has 2 nitrogen and oxygen atoms in total. The third kappa shape index (κ3) is 2.15. The maximum atomic E-state index is 8.89. The molecule has 0 unspecified atom stereocenters. The number of hydrogen-bond donors (Lipinski definition) is 1. The molecule has 15 heavy (non-hydrogen) atoms. The number of aliphatic hydroxyl groups is 1. The number of benzene rings is 1. The molecule has 1 aromatic carbocycles. The van der Waals surface area contributed by atoms with E-state index in [-0.39, 0.29) is 6.61 Å². The number of anilines is 1. The number of nitrogens with zero attached hydrogens (tertiary/aromatic N) is 1. The lowest BCUT2D eigenvalue weighted by Crippen LogP contribution is -2.20. The lowest BCUT2D eigenvalue weighted by atomic mass is 10.1. The fourth-order valence-electron chi connectivity index (χ4n) is 2.31. The number of fused-ring (bicyclic) bond motifs is 1.